The van der Waals surface area contributed by atoms with Gasteiger partial charge in [-0.1, -0.05) is 13.0 Å². The highest BCUT2D eigenvalue weighted by Gasteiger charge is 2.08. The van der Waals surface area contributed by atoms with Gasteiger partial charge in [-0.15, -0.1) is 11.6 Å². The Balaban J connectivity index is 2.95. The van der Waals surface area contributed by atoms with E-state index in [1.807, 2.05) is 13.0 Å². The summed E-state index contributed by atoms with van der Waals surface area (Å²) in [5, 5.41) is 10.7. The molecular weight excluding hydrogens is 214 g/mol. The summed E-state index contributed by atoms with van der Waals surface area (Å²) in [4.78, 5) is 10.3. The van der Waals surface area contributed by atoms with Gasteiger partial charge in [0.1, 0.15) is 0 Å². The monoisotopic (exact) mass is 227 g/mol. The molecule has 0 aliphatic heterocycles. The summed E-state index contributed by atoms with van der Waals surface area (Å²) >= 11 is 5.59. The van der Waals surface area contributed by atoms with Gasteiger partial charge in [-0.25, -0.2) is 0 Å². The number of non-ortho nitro benzene ring substituents is 1. The molecule has 15 heavy (non-hydrogen) atoms. The SMILES string of the molecule is CCc1cc(CCCCl)cc([N+](=O)[O-])c1. The maximum atomic E-state index is 10.7. The minimum atomic E-state index is -0.344. The minimum absolute atomic E-state index is 0.180. The minimum Gasteiger partial charge on any atom is -0.258 e. The van der Waals surface area contributed by atoms with E-state index < -0.39 is 0 Å². The maximum Gasteiger partial charge on any atom is 0.269 e. The van der Waals surface area contributed by atoms with Gasteiger partial charge in [0.15, 0.2) is 0 Å². The molecule has 0 saturated carbocycles. The van der Waals surface area contributed by atoms with Gasteiger partial charge < -0.3 is 0 Å². The number of hydrogen-bond donors (Lipinski definition) is 0. The lowest BCUT2D eigenvalue weighted by Crippen LogP contribution is -1.94. The number of hydrogen-bond acceptors (Lipinski definition) is 2. The molecule has 0 bridgehead atoms. The van der Waals surface area contributed by atoms with E-state index in [9.17, 15) is 10.1 Å². The molecule has 0 saturated heterocycles. The van der Waals surface area contributed by atoms with Gasteiger partial charge in [0.05, 0.1) is 4.92 Å². The molecular formula is C11H14ClNO2. The summed E-state index contributed by atoms with van der Waals surface area (Å²) < 4.78 is 0. The maximum absolute atomic E-state index is 10.7. The molecule has 0 aliphatic carbocycles. The molecule has 0 radical (unpaired) electrons. The van der Waals surface area contributed by atoms with Crippen LogP contribution in [0, 0.1) is 10.1 Å². The lowest BCUT2D eigenvalue weighted by atomic mass is 10.0. The van der Waals surface area contributed by atoms with Crippen molar-refractivity contribution in [3.8, 4) is 0 Å². The van der Waals surface area contributed by atoms with Crippen LogP contribution in [0.15, 0.2) is 18.2 Å². The van der Waals surface area contributed by atoms with Crippen LogP contribution in [0.5, 0.6) is 0 Å². The third kappa shape index (κ3) is 3.51. The van der Waals surface area contributed by atoms with E-state index in [1.165, 1.54) is 0 Å². The Bertz CT molecular complexity index is 352. The Morgan fingerprint density at radius 2 is 2.00 bits per heavy atom. The highest BCUT2D eigenvalue weighted by atomic mass is 35.5. The molecule has 3 nitrogen and oxygen atoms in total. The molecule has 0 spiro atoms. The van der Waals surface area contributed by atoms with Crippen molar-refractivity contribution in [3.05, 3.63) is 39.4 Å². The molecule has 1 aromatic carbocycles. The second kappa shape index (κ2) is 5.71. The van der Waals surface area contributed by atoms with Crippen LogP contribution in [0.25, 0.3) is 0 Å². The van der Waals surface area contributed by atoms with Crippen molar-refractivity contribution in [1.82, 2.24) is 0 Å². The Kier molecular flexibility index (Phi) is 4.56. The van der Waals surface area contributed by atoms with Crippen LogP contribution >= 0.6 is 11.6 Å². The van der Waals surface area contributed by atoms with Crippen molar-refractivity contribution < 1.29 is 4.92 Å². The molecule has 0 heterocycles. The van der Waals surface area contributed by atoms with Crippen LogP contribution < -0.4 is 0 Å². The zero-order valence-electron chi connectivity index (χ0n) is 8.70. The van der Waals surface area contributed by atoms with Crippen molar-refractivity contribution >= 4 is 17.3 Å². The number of halogens is 1. The van der Waals surface area contributed by atoms with E-state index in [-0.39, 0.29) is 10.6 Å². The summed E-state index contributed by atoms with van der Waals surface area (Å²) in [7, 11) is 0. The zero-order chi connectivity index (χ0) is 11.3. The lowest BCUT2D eigenvalue weighted by Gasteiger charge is -2.03. The molecule has 0 amide bonds. The van der Waals surface area contributed by atoms with E-state index >= 15 is 0 Å². The Morgan fingerprint density at radius 3 is 2.53 bits per heavy atom. The molecule has 0 aromatic heterocycles. The van der Waals surface area contributed by atoms with Crippen molar-refractivity contribution in [2.75, 3.05) is 5.88 Å². The van der Waals surface area contributed by atoms with E-state index in [0.29, 0.717) is 5.88 Å². The number of nitrogens with zero attached hydrogens (tertiary/aromatic N) is 1. The lowest BCUT2D eigenvalue weighted by molar-refractivity contribution is -0.385. The predicted molar refractivity (Wildman–Crippen MR) is 61.5 cm³/mol. The molecule has 0 fully saturated rings. The normalized spacial score (nSPS) is 10.3. The summed E-state index contributed by atoms with van der Waals surface area (Å²) in [6, 6.07) is 5.27. The van der Waals surface area contributed by atoms with E-state index in [2.05, 4.69) is 0 Å². The topological polar surface area (TPSA) is 43.1 Å². The molecule has 0 atom stereocenters. The molecule has 1 aromatic rings. The fourth-order valence-corrected chi connectivity index (χ4v) is 1.60. The zero-order valence-corrected chi connectivity index (χ0v) is 9.46. The highest BCUT2D eigenvalue weighted by molar-refractivity contribution is 6.17. The van der Waals surface area contributed by atoms with Gasteiger partial charge in [-0.3, -0.25) is 10.1 Å². The van der Waals surface area contributed by atoms with Gasteiger partial charge >= 0.3 is 0 Å². The van der Waals surface area contributed by atoms with E-state index in [4.69, 9.17) is 11.6 Å². The molecule has 0 aliphatic rings. The quantitative estimate of drug-likeness (QED) is 0.440. The molecule has 0 unspecified atom stereocenters. The van der Waals surface area contributed by atoms with Gasteiger partial charge in [0.25, 0.3) is 5.69 Å². The van der Waals surface area contributed by atoms with Crippen LogP contribution in [-0.2, 0) is 12.8 Å². The van der Waals surface area contributed by atoms with Gasteiger partial charge in [-0.05, 0) is 30.4 Å². The smallest absolute Gasteiger partial charge is 0.258 e. The van der Waals surface area contributed by atoms with Crippen LogP contribution in [0.4, 0.5) is 5.69 Å². The fraction of sp³-hybridized carbons (Fsp3) is 0.455. The van der Waals surface area contributed by atoms with Crippen molar-refractivity contribution in [2.45, 2.75) is 26.2 Å². The number of nitro groups is 1. The number of aryl methyl sites for hydroxylation is 2. The van der Waals surface area contributed by atoms with Crippen LogP contribution in [0.1, 0.15) is 24.5 Å². The second-order valence-corrected chi connectivity index (χ2v) is 3.79. The van der Waals surface area contributed by atoms with Crippen LogP contribution in [0.2, 0.25) is 0 Å². The van der Waals surface area contributed by atoms with Crippen LogP contribution in [0.3, 0.4) is 0 Å². The van der Waals surface area contributed by atoms with Crippen LogP contribution in [-0.4, -0.2) is 10.8 Å². The summed E-state index contributed by atoms with van der Waals surface area (Å²) in [5.74, 6) is 0.587. The largest absolute Gasteiger partial charge is 0.269 e. The first-order valence-electron chi connectivity index (χ1n) is 5.00. The first-order valence-corrected chi connectivity index (χ1v) is 5.54. The van der Waals surface area contributed by atoms with Gasteiger partial charge in [0, 0.05) is 18.0 Å². The highest BCUT2D eigenvalue weighted by Crippen LogP contribution is 2.18. The molecule has 0 N–H and O–H groups in total. The Hall–Kier alpha value is -1.09. The number of benzene rings is 1. The second-order valence-electron chi connectivity index (χ2n) is 3.41. The van der Waals surface area contributed by atoms with E-state index in [1.54, 1.807) is 12.1 Å². The number of nitro benzene ring substituents is 1. The van der Waals surface area contributed by atoms with Gasteiger partial charge in [-0.2, -0.15) is 0 Å². The number of alkyl halides is 1. The third-order valence-corrected chi connectivity index (χ3v) is 2.52. The molecule has 4 heteroatoms. The van der Waals surface area contributed by atoms with Crippen molar-refractivity contribution in [1.29, 1.82) is 0 Å². The average Bonchev–Trinajstić information content (AvgIpc) is 2.25. The summed E-state index contributed by atoms with van der Waals surface area (Å²) in [6.07, 6.45) is 2.47. The summed E-state index contributed by atoms with van der Waals surface area (Å²) in [6.45, 7) is 1.99. The predicted octanol–water partition coefficient (Wildman–Crippen LogP) is 3.33. The molecule has 1 rings (SSSR count). The standard InChI is InChI=1S/C11H14ClNO2/c1-2-9-6-10(4-3-5-12)8-11(7-9)13(14)15/h6-8H,2-5H2,1H3. The summed E-state index contributed by atoms with van der Waals surface area (Å²) in [5.41, 5.74) is 2.19. The Labute approximate surface area is 94.2 Å². The first kappa shape index (κ1) is 12.0. The first-order chi connectivity index (χ1) is 7.17. The molecule has 82 valence electrons. The van der Waals surface area contributed by atoms with Crippen molar-refractivity contribution in [2.24, 2.45) is 0 Å². The Morgan fingerprint density at radius 1 is 1.33 bits per heavy atom. The van der Waals surface area contributed by atoms with Gasteiger partial charge in [0.2, 0.25) is 0 Å². The van der Waals surface area contributed by atoms with Crippen molar-refractivity contribution in [3.63, 3.8) is 0 Å². The number of rotatable bonds is 5. The average molecular weight is 228 g/mol. The van der Waals surface area contributed by atoms with E-state index in [0.717, 1.165) is 30.4 Å². The third-order valence-electron chi connectivity index (χ3n) is 2.26. The fourth-order valence-electron chi connectivity index (χ4n) is 1.47.